The lowest BCUT2D eigenvalue weighted by Gasteiger charge is -2.16. The van der Waals surface area contributed by atoms with E-state index in [2.05, 4.69) is 32.7 Å². The van der Waals surface area contributed by atoms with Crippen LogP contribution in [0.3, 0.4) is 0 Å². The van der Waals surface area contributed by atoms with Gasteiger partial charge in [-0.3, -0.25) is 4.68 Å². The average molecular weight is 276 g/mol. The Balaban J connectivity index is 2.12. The fourth-order valence-corrected chi connectivity index (χ4v) is 1.92. The van der Waals surface area contributed by atoms with Gasteiger partial charge >= 0.3 is 0 Å². The van der Waals surface area contributed by atoms with Crippen LogP contribution in [0.4, 0.5) is 0 Å². The summed E-state index contributed by atoms with van der Waals surface area (Å²) in [5.41, 5.74) is 1.81. The van der Waals surface area contributed by atoms with Gasteiger partial charge in [-0.2, -0.15) is 5.10 Å². The summed E-state index contributed by atoms with van der Waals surface area (Å²) < 4.78 is 6.73. The Morgan fingerprint density at radius 3 is 2.70 bits per heavy atom. The van der Waals surface area contributed by atoms with Crippen LogP contribution in [0.1, 0.15) is 30.8 Å². The van der Waals surface area contributed by atoms with Crippen LogP contribution in [0.25, 0.3) is 0 Å². The highest BCUT2D eigenvalue weighted by atomic mass is 16.5. The summed E-state index contributed by atoms with van der Waals surface area (Å²) in [6.07, 6.45) is 3.70. The first kappa shape index (κ1) is 14.4. The number of methoxy groups -OCH3 is 1. The average Bonchev–Trinajstić information content (AvgIpc) is 2.89. The monoisotopic (exact) mass is 276 g/mol. The first-order valence-electron chi connectivity index (χ1n) is 6.69. The summed E-state index contributed by atoms with van der Waals surface area (Å²) in [6, 6.07) is 3.82. The topological polar surface area (TPSA) is 77.8 Å². The second-order valence-electron chi connectivity index (χ2n) is 4.59. The van der Waals surface area contributed by atoms with Gasteiger partial charge in [0.2, 0.25) is 5.88 Å². The van der Waals surface area contributed by atoms with Crippen molar-refractivity contribution in [2.75, 3.05) is 13.7 Å². The lowest BCUT2D eigenvalue weighted by Crippen LogP contribution is -2.25. The Bertz CT molecular complexity index is 524. The number of hydrogen-bond donors (Lipinski definition) is 1. The molecule has 2 aromatic rings. The predicted molar refractivity (Wildman–Crippen MR) is 74.3 cm³/mol. The van der Waals surface area contributed by atoms with Crippen LogP contribution in [-0.2, 0) is 13.5 Å². The van der Waals surface area contributed by atoms with Crippen molar-refractivity contribution in [2.24, 2.45) is 7.05 Å². The smallest absolute Gasteiger partial charge is 0.233 e. The Hall–Kier alpha value is -2.02. The third-order valence-corrected chi connectivity index (χ3v) is 2.93. The van der Waals surface area contributed by atoms with Crippen LogP contribution in [0.2, 0.25) is 0 Å². The number of hydrogen-bond acceptors (Lipinski definition) is 6. The minimum atomic E-state index is 0.0741. The van der Waals surface area contributed by atoms with Gasteiger partial charge in [0.1, 0.15) is 0 Å². The zero-order valence-electron chi connectivity index (χ0n) is 12.1. The van der Waals surface area contributed by atoms with Gasteiger partial charge in [-0.05, 0) is 19.0 Å². The Labute approximate surface area is 118 Å². The Morgan fingerprint density at radius 1 is 1.30 bits per heavy atom. The van der Waals surface area contributed by atoms with Crippen LogP contribution in [0, 0.1) is 0 Å². The van der Waals surface area contributed by atoms with Gasteiger partial charge in [-0.15, -0.1) is 10.2 Å². The Morgan fingerprint density at radius 2 is 2.15 bits per heavy atom. The molecule has 20 heavy (non-hydrogen) atoms. The van der Waals surface area contributed by atoms with E-state index in [-0.39, 0.29) is 6.04 Å². The van der Waals surface area contributed by atoms with Gasteiger partial charge in [-0.1, -0.05) is 12.1 Å². The minimum Gasteiger partial charge on any atom is -0.480 e. The molecule has 0 amide bonds. The fourth-order valence-electron chi connectivity index (χ4n) is 1.92. The van der Waals surface area contributed by atoms with E-state index in [9.17, 15) is 0 Å². The number of ether oxygens (including phenoxy) is 1. The van der Waals surface area contributed by atoms with E-state index in [1.807, 2.05) is 25.4 Å². The van der Waals surface area contributed by atoms with E-state index in [1.165, 1.54) is 0 Å². The Kier molecular flexibility index (Phi) is 5.00. The lowest BCUT2D eigenvalue weighted by molar-refractivity contribution is 0.389. The predicted octanol–water partition coefficient (Wildman–Crippen LogP) is 0.897. The summed E-state index contributed by atoms with van der Waals surface area (Å²) in [6.45, 7) is 3.05. The molecule has 0 spiro atoms. The van der Waals surface area contributed by atoms with Crippen LogP contribution >= 0.6 is 0 Å². The van der Waals surface area contributed by atoms with E-state index in [0.29, 0.717) is 5.88 Å². The first-order valence-corrected chi connectivity index (χ1v) is 6.69. The van der Waals surface area contributed by atoms with E-state index < -0.39 is 0 Å². The van der Waals surface area contributed by atoms with Crippen LogP contribution in [-0.4, -0.2) is 38.8 Å². The van der Waals surface area contributed by atoms with Gasteiger partial charge in [-0.25, -0.2) is 0 Å². The molecular formula is C13H20N6O. The number of aromatic nitrogens is 5. The van der Waals surface area contributed by atoms with E-state index in [4.69, 9.17) is 4.74 Å². The molecule has 0 bridgehead atoms. The van der Waals surface area contributed by atoms with Crippen LogP contribution < -0.4 is 10.1 Å². The maximum absolute atomic E-state index is 5.03. The molecule has 0 aromatic carbocycles. The zero-order valence-corrected chi connectivity index (χ0v) is 12.1. The maximum atomic E-state index is 5.03. The highest BCUT2D eigenvalue weighted by Gasteiger charge is 2.15. The summed E-state index contributed by atoms with van der Waals surface area (Å²) in [5, 5.41) is 19.8. The van der Waals surface area contributed by atoms with Gasteiger partial charge in [0.15, 0.2) is 0 Å². The van der Waals surface area contributed by atoms with Crippen molar-refractivity contribution in [3.8, 4) is 5.88 Å². The summed E-state index contributed by atoms with van der Waals surface area (Å²) in [7, 11) is 3.44. The number of nitrogens with one attached hydrogen (secondary N) is 1. The molecule has 1 unspecified atom stereocenters. The van der Waals surface area contributed by atoms with Crippen molar-refractivity contribution < 1.29 is 4.74 Å². The van der Waals surface area contributed by atoms with Crippen molar-refractivity contribution in [2.45, 2.75) is 25.8 Å². The lowest BCUT2D eigenvalue weighted by atomic mass is 10.1. The highest BCUT2D eigenvalue weighted by molar-refractivity contribution is 5.15. The molecule has 0 fully saturated rings. The van der Waals surface area contributed by atoms with Crippen molar-refractivity contribution >= 4 is 0 Å². The van der Waals surface area contributed by atoms with Crippen LogP contribution in [0.5, 0.6) is 5.88 Å². The molecule has 7 heteroatoms. The molecule has 1 N–H and O–H groups in total. The summed E-state index contributed by atoms with van der Waals surface area (Å²) >= 11 is 0. The molecular weight excluding hydrogens is 256 g/mol. The van der Waals surface area contributed by atoms with Gasteiger partial charge in [0, 0.05) is 25.7 Å². The second-order valence-corrected chi connectivity index (χ2v) is 4.59. The third-order valence-electron chi connectivity index (χ3n) is 2.93. The molecule has 108 valence electrons. The molecule has 0 radical (unpaired) electrons. The normalized spacial score (nSPS) is 12.3. The summed E-state index contributed by atoms with van der Waals surface area (Å²) in [5.74, 6) is 0.516. The van der Waals surface area contributed by atoms with E-state index >= 15 is 0 Å². The molecule has 2 heterocycles. The second kappa shape index (κ2) is 6.95. The number of nitrogens with zero attached hydrogens (tertiary/aromatic N) is 5. The number of rotatable bonds is 7. The van der Waals surface area contributed by atoms with Gasteiger partial charge in [0.25, 0.3) is 0 Å². The van der Waals surface area contributed by atoms with Crippen molar-refractivity contribution in [1.82, 2.24) is 30.5 Å². The molecule has 1 atom stereocenters. The van der Waals surface area contributed by atoms with Crippen LogP contribution in [0.15, 0.2) is 18.3 Å². The molecule has 0 aliphatic rings. The molecule has 2 rings (SSSR count). The number of aryl methyl sites for hydroxylation is 1. The van der Waals surface area contributed by atoms with Crippen molar-refractivity contribution in [1.29, 1.82) is 0 Å². The largest absolute Gasteiger partial charge is 0.480 e. The van der Waals surface area contributed by atoms with Gasteiger partial charge < -0.3 is 10.1 Å². The van der Waals surface area contributed by atoms with Crippen molar-refractivity contribution in [3.63, 3.8) is 0 Å². The summed E-state index contributed by atoms with van der Waals surface area (Å²) in [4.78, 5) is 0. The standard InChI is InChI=1S/C13H20N6O/c1-4-7-14-12(8-10-9-19(2)18-15-10)11-5-6-13(20-3)17-16-11/h5-6,9,12,14H,4,7-8H2,1-3H3. The molecule has 0 saturated carbocycles. The maximum Gasteiger partial charge on any atom is 0.233 e. The molecule has 2 aromatic heterocycles. The van der Waals surface area contributed by atoms with E-state index in [1.54, 1.807) is 11.8 Å². The molecule has 7 nitrogen and oxygen atoms in total. The molecule has 0 saturated heterocycles. The van der Waals surface area contributed by atoms with E-state index in [0.717, 1.165) is 30.8 Å². The zero-order chi connectivity index (χ0) is 14.4. The molecule has 0 aliphatic carbocycles. The highest BCUT2D eigenvalue weighted by Crippen LogP contribution is 2.16. The fraction of sp³-hybridized carbons (Fsp3) is 0.538. The molecule has 0 aliphatic heterocycles. The minimum absolute atomic E-state index is 0.0741. The quantitative estimate of drug-likeness (QED) is 0.809. The third kappa shape index (κ3) is 3.74. The SMILES string of the molecule is CCCNC(Cc1cn(C)nn1)c1ccc(OC)nn1. The van der Waals surface area contributed by atoms with Gasteiger partial charge in [0.05, 0.1) is 24.5 Å². The van der Waals surface area contributed by atoms with Crippen molar-refractivity contribution in [3.05, 3.63) is 29.7 Å². The first-order chi connectivity index (χ1) is 9.72.